The van der Waals surface area contributed by atoms with Gasteiger partial charge in [0, 0.05) is 44.2 Å². The highest BCUT2D eigenvalue weighted by molar-refractivity contribution is 5.21. The van der Waals surface area contributed by atoms with Gasteiger partial charge in [0.05, 0.1) is 5.69 Å². The highest BCUT2D eigenvalue weighted by Crippen LogP contribution is 2.19. The van der Waals surface area contributed by atoms with Crippen LogP contribution in [0.15, 0.2) is 0 Å². The number of nitrogens with zero attached hydrogens (tertiary/aromatic N) is 3. The van der Waals surface area contributed by atoms with Crippen LogP contribution in [0.4, 0.5) is 0 Å². The molecule has 0 bridgehead atoms. The van der Waals surface area contributed by atoms with Crippen molar-refractivity contribution in [2.24, 2.45) is 5.92 Å². The summed E-state index contributed by atoms with van der Waals surface area (Å²) >= 11 is 0. The van der Waals surface area contributed by atoms with Gasteiger partial charge in [-0.1, -0.05) is 13.8 Å². The van der Waals surface area contributed by atoms with Crippen LogP contribution < -0.4 is 5.32 Å². The smallest absolute Gasteiger partial charge is 0.109 e. The van der Waals surface area contributed by atoms with Crippen molar-refractivity contribution in [1.82, 2.24) is 19.8 Å². The maximum atomic E-state index is 4.89. The number of imidazole rings is 1. The maximum absolute atomic E-state index is 4.89. The van der Waals surface area contributed by atoms with Crippen LogP contribution in [0.1, 0.15) is 38.0 Å². The first kappa shape index (κ1) is 14.5. The van der Waals surface area contributed by atoms with Crippen LogP contribution in [0.3, 0.4) is 0 Å². The van der Waals surface area contributed by atoms with E-state index in [0.717, 1.165) is 32.5 Å². The summed E-state index contributed by atoms with van der Waals surface area (Å²) in [4.78, 5) is 7.17. The number of likely N-dealkylation sites (N-methyl/N-ethyl adjacent to an activating group) is 1. The second kappa shape index (κ2) is 6.06. The number of hydrogen-bond acceptors (Lipinski definition) is 3. The molecule has 19 heavy (non-hydrogen) atoms. The Hall–Kier alpha value is -0.870. The van der Waals surface area contributed by atoms with E-state index < -0.39 is 0 Å². The SMILES string of the molecule is CC(C)Cc1nc2c(n1CC(C)N(C)C)CCNC2. The minimum atomic E-state index is 0.541. The average Bonchev–Trinajstić information content (AvgIpc) is 2.66. The third-order valence-electron chi connectivity index (χ3n) is 3.98. The molecule has 4 nitrogen and oxygen atoms in total. The lowest BCUT2D eigenvalue weighted by molar-refractivity contribution is 0.278. The fourth-order valence-corrected chi connectivity index (χ4v) is 2.59. The summed E-state index contributed by atoms with van der Waals surface area (Å²) in [6.45, 7) is 9.89. The molecule has 1 aliphatic heterocycles. The van der Waals surface area contributed by atoms with Crippen LogP contribution in [-0.2, 0) is 25.9 Å². The van der Waals surface area contributed by atoms with E-state index >= 15 is 0 Å². The number of rotatable bonds is 5. The van der Waals surface area contributed by atoms with Crippen LogP contribution in [0.5, 0.6) is 0 Å². The topological polar surface area (TPSA) is 33.1 Å². The van der Waals surface area contributed by atoms with Crippen molar-refractivity contribution in [1.29, 1.82) is 0 Å². The van der Waals surface area contributed by atoms with E-state index in [9.17, 15) is 0 Å². The van der Waals surface area contributed by atoms with Gasteiger partial charge in [-0.25, -0.2) is 4.98 Å². The molecular weight excluding hydrogens is 236 g/mol. The average molecular weight is 264 g/mol. The van der Waals surface area contributed by atoms with E-state index in [0.29, 0.717) is 12.0 Å². The van der Waals surface area contributed by atoms with Gasteiger partial charge in [0.15, 0.2) is 0 Å². The van der Waals surface area contributed by atoms with Crippen LogP contribution in [0, 0.1) is 5.92 Å². The standard InChI is InChI=1S/C15H28N4/c1-11(2)8-15-17-13-9-16-7-6-14(13)19(15)10-12(3)18(4)5/h11-12,16H,6-10H2,1-5H3. The molecule has 108 valence electrons. The molecule has 1 aliphatic rings. The van der Waals surface area contributed by atoms with Gasteiger partial charge in [-0.2, -0.15) is 0 Å². The molecule has 1 atom stereocenters. The van der Waals surface area contributed by atoms with E-state index in [1.807, 2.05) is 0 Å². The first-order valence-electron chi connectivity index (χ1n) is 7.43. The second-order valence-electron chi connectivity index (χ2n) is 6.37. The van der Waals surface area contributed by atoms with Crippen molar-refractivity contribution in [2.75, 3.05) is 20.6 Å². The summed E-state index contributed by atoms with van der Waals surface area (Å²) in [6.07, 6.45) is 2.19. The van der Waals surface area contributed by atoms with Gasteiger partial charge in [-0.15, -0.1) is 0 Å². The lowest BCUT2D eigenvalue weighted by Crippen LogP contribution is -2.32. The van der Waals surface area contributed by atoms with Gasteiger partial charge in [0.1, 0.15) is 5.82 Å². The Morgan fingerprint density at radius 2 is 2.05 bits per heavy atom. The quantitative estimate of drug-likeness (QED) is 0.878. The molecule has 1 aromatic rings. The van der Waals surface area contributed by atoms with Crippen molar-refractivity contribution >= 4 is 0 Å². The first-order valence-corrected chi connectivity index (χ1v) is 7.43. The second-order valence-corrected chi connectivity index (χ2v) is 6.37. The van der Waals surface area contributed by atoms with E-state index in [1.54, 1.807) is 0 Å². The van der Waals surface area contributed by atoms with Gasteiger partial charge < -0.3 is 14.8 Å². The normalized spacial score (nSPS) is 17.0. The van der Waals surface area contributed by atoms with Gasteiger partial charge in [-0.05, 0) is 26.9 Å². The molecule has 0 saturated carbocycles. The summed E-state index contributed by atoms with van der Waals surface area (Å²) in [6, 6.07) is 0.541. The summed E-state index contributed by atoms with van der Waals surface area (Å²) in [5, 5.41) is 3.42. The minimum absolute atomic E-state index is 0.541. The van der Waals surface area contributed by atoms with Gasteiger partial charge in [0.25, 0.3) is 0 Å². The van der Waals surface area contributed by atoms with Gasteiger partial charge in [0.2, 0.25) is 0 Å². The highest BCUT2D eigenvalue weighted by Gasteiger charge is 2.21. The van der Waals surface area contributed by atoms with E-state index in [4.69, 9.17) is 4.98 Å². The Morgan fingerprint density at radius 1 is 1.32 bits per heavy atom. The summed E-state index contributed by atoms with van der Waals surface area (Å²) in [5.74, 6) is 1.93. The Morgan fingerprint density at radius 3 is 2.68 bits per heavy atom. The Bertz CT molecular complexity index is 420. The van der Waals surface area contributed by atoms with Crippen LogP contribution >= 0.6 is 0 Å². The third-order valence-corrected chi connectivity index (χ3v) is 3.98. The van der Waals surface area contributed by atoms with Crippen molar-refractivity contribution < 1.29 is 0 Å². The number of fused-ring (bicyclic) bond motifs is 1. The van der Waals surface area contributed by atoms with Crippen molar-refractivity contribution in [3.8, 4) is 0 Å². The summed E-state index contributed by atoms with van der Waals surface area (Å²) < 4.78 is 2.49. The predicted molar refractivity (Wildman–Crippen MR) is 79.3 cm³/mol. The largest absolute Gasteiger partial charge is 0.330 e. The molecule has 1 aromatic heterocycles. The maximum Gasteiger partial charge on any atom is 0.109 e. The highest BCUT2D eigenvalue weighted by atomic mass is 15.2. The lowest BCUT2D eigenvalue weighted by atomic mass is 10.1. The van der Waals surface area contributed by atoms with Crippen molar-refractivity contribution in [3.05, 3.63) is 17.2 Å². The van der Waals surface area contributed by atoms with E-state index in [1.165, 1.54) is 17.2 Å². The summed E-state index contributed by atoms with van der Waals surface area (Å²) in [5.41, 5.74) is 2.73. The fourth-order valence-electron chi connectivity index (χ4n) is 2.59. The molecule has 0 saturated heterocycles. The molecule has 0 radical (unpaired) electrons. The molecule has 4 heteroatoms. The molecule has 0 aromatic carbocycles. The summed E-state index contributed by atoms with van der Waals surface area (Å²) in [7, 11) is 4.30. The molecule has 0 fully saturated rings. The van der Waals surface area contributed by atoms with Crippen LogP contribution in [-0.4, -0.2) is 41.1 Å². The number of hydrogen-bond donors (Lipinski definition) is 1. The van der Waals surface area contributed by atoms with Crippen molar-refractivity contribution in [2.45, 2.75) is 52.7 Å². The molecule has 2 rings (SSSR count). The zero-order chi connectivity index (χ0) is 14.0. The molecule has 0 spiro atoms. The monoisotopic (exact) mass is 264 g/mol. The number of aromatic nitrogens is 2. The number of nitrogens with one attached hydrogen (secondary N) is 1. The fraction of sp³-hybridized carbons (Fsp3) is 0.800. The molecule has 0 aliphatic carbocycles. The molecule has 2 heterocycles. The molecule has 1 unspecified atom stereocenters. The molecule has 1 N–H and O–H groups in total. The van der Waals surface area contributed by atoms with Crippen LogP contribution in [0.2, 0.25) is 0 Å². The van der Waals surface area contributed by atoms with Gasteiger partial charge in [-0.3, -0.25) is 0 Å². The zero-order valence-corrected chi connectivity index (χ0v) is 13.0. The van der Waals surface area contributed by atoms with E-state index in [-0.39, 0.29) is 0 Å². The van der Waals surface area contributed by atoms with Gasteiger partial charge >= 0.3 is 0 Å². The first-order chi connectivity index (χ1) is 8.99. The Kier molecular flexibility index (Phi) is 4.63. The third kappa shape index (κ3) is 3.37. The van der Waals surface area contributed by atoms with E-state index in [2.05, 4.69) is 49.7 Å². The molecule has 0 amide bonds. The van der Waals surface area contributed by atoms with Crippen LogP contribution in [0.25, 0.3) is 0 Å². The Labute approximate surface area is 117 Å². The predicted octanol–water partition coefficient (Wildman–Crippen LogP) is 1.68. The molecular formula is C15H28N4. The van der Waals surface area contributed by atoms with Crippen molar-refractivity contribution in [3.63, 3.8) is 0 Å². The zero-order valence-electron chi connectivity index (χ0n) is 13.0. The minimum Gasteiger partial charge on any atom is -0.330 e. The lowest BCUT2D eigenvalue weighted by Gasteiger charge is -2.24. The Balaban J connectivity index is 2.29.